The number of halogens is 3. The molecule has 1 heterocycles. The average molecular weight is 274 g/mol. The maximum absolute atomic E-state index is 12.2. The summed E-state index contributed by atoms with van der Waals surface area (Å²) in [5.41, 5.74) is -0.496. The summed E-state index contributed by atoms with van der Waals surface area (Å²) >= 11 is 0.941. The van der Waals surface area contributed by atoms with E-state index in [2.05, 4.69) is 0 Å². The van der Waals surface area contributed by atoms with Crippen molar-refractivity contribution in [2.75, 3.05) is 0 Å². The summed E-state index contributed by atoms with van der Waals surface area (Å²) in [7, 11) is 0. The average Bonchev–Trinajstić information content (AvgIpc) is 2.69. The Morgan fingerprint density at radius 1 is 1.17 bits per heavy atom. The van der Waals surface area contributed by atoms with E-state index in [1.807, 2.05) is 0 Å². The van der Waals surface area contributed by atoms with E-state index in [0.717, 1.165) is 23.5 Å². The number of Topliss-reactive ketones (excluding diaryl/α,β-unsaturated/α-hetero) is 1. The number of thiophene rings is 1. The van der Waals surface area contributed by atoms with Gasteiger partial charge in [0.2, 0.25) is 0 Å². The smallest absolute Gasteiger partial charge is 0.454 e. The zero-order valence-electron chi connectivity index (χ0n) is 8.62. The van der Waals surface area contributed by atoms with Crippen LogP contribution < -0.4 is 0 Å². The Balaban J connectivity index is 2.51. The van der Waals surface area contributed by atoms with Gasteiger partial charge in [-0.1, -0.05) is 0 Å². The van der Waals surface area contributed by atoms with Crippen LogP contribution in [0.2, 0.25) is 0 Å². The fourth-order valence-electron chi connectivity index (χ4n) is 1.45. The molecular weight excluding hydrogens is 269 g/mol. The van der Waals surface area contributed by atoms with Crippen LogP contribution >= 0.6 is 11.3 Å². The van der Waals surface area contributed by atoms with Gasteiger partial charge in [-0.15, -0.1) is 11.3 Å². The van der Waals surface area contributed by atoms with E-state index in [1.165, 1.54) is 12.1 Å². The third-order valence-electron chi connectivity index (χ3n) is 2.25. The molecule has 2 rings (SSSR count). The van der Waals surface area contributed by atoms with Crippen molar-refractivity contribution in [3.63, 3.8) is 0 Å². The highest BCUT2D eigenvalue weighted by Crippen LogP contribution is 2.29. The number of ketones is 1. The lowest BCUT2D eigenvalue weighted by molar-refractivity contribution is -0.0885. The molecule has 0 bridgehead atoms. The number of hydrogen-bond acceptors (Lipinski definition) is 3. The fourth-order valence-corrected chi connectivity index (χ4v) is 2.34. The molecule has 94 valence electrons. The minimum absolute atomic E-state index is 0.0154. The van der Waals surface area contributed by atoms with Crippen LogP contribution in [0.5, 0.6) is 0 Å². The number of carboxylic acids is 1. The predicted molar refractivity (Wildman–Crippen MR) is 59.2 cm³/mol. The molecular formula is C11H5F3O3S. The zero-order valence-corrected chi connectivity index (χ0v) is 9.43. The minimum Gasteiger partial charge on any atom is -0.477 e. The van der Waals surface area contributed by atoms with Gasteiger partial charge in [-0.2, -0.15) is 13.2 Å². The number of carbonyl (C=O) groups excluding carboxylic acids is 1. The van der Waals surface area contributed by atoms with E-state index < -0.39 is 23.5 Å². The van der Waals surface area contributed by atoms with Crippen molar-refractivity contribution in [1.29, 1.82) is 0 Å². The van der Waals surface area contributed by atoms with Crippen LogP contribution in [0.1, 0.15) is 20.0 Å². The number of carboxylic acid groups (broad SMARTS) is 1. The van der Waals surface area contributed by atoms with Crippen molar-refractivity contribution in [2.24, 2.45) is 0 Å². The maximum Gasteiger partial charge on any atom is 0.454 e. The quantitative estimate of drug-likeness (QED) is 0.854. The Morgan fingerprint density at radius 2 is 1.83 bits per heavy atom. The molecule has 0 radical (unpaired) electrons. The van der Waals surface area contributed by atoms with Crippen LogP contribution in [0, 0.1) is 0 Å². The highest BCUT2D eigenvalue weighted by molar-refractivity contribution is 7.20. The number of benzene rings is 1. The van der Waals surface area contributed by atoms with Crippen molar-refractivity contribution in [1.82, 2.24) is 0 Å². The summed E-state index contributed by atoms with van der Waals surface area (Å²) in [6.45, 7) is 0. The van der Waals surface area contributed by atoms with Crippen LogP contribution in [-0.2, 0) is 0 Å². The molecule has 0 unspecified atom stereocenters. The third-order valence-corrected chi connectivity index (χ3v) is 3.35. The number of hydrogen-bond donors (Lipinski definition) is 1. The number of fused-ring (bicyclic) bond motifs is 1. The first-order valence-electron chi connectivity index (χ1n) is 4.67. The third kappa shape index (κ3) is 2.21. The van der Waals surface area contributed by atoms with Gasteiger partial charge in [-0.25, -0.2) is 4.79 Å². The van der Waals surface area contributed by atoms with E-state index in [1.54, 1.807) is 0 Å². The van der Waals surface area contributed by atoms with E-state index in [-0.39, 0.29) is 4.88 Å². The first-order valence-corrected chi connectivity index (χ1v) is 5.49. The normalized spacial score (nSPS) is 11.7. The Kier molecular flexibility index (Phi) is 2.86. The molecule has 0 aliphatic carbocycles. The van der Waals surface area contributed by atoms with Gasteiger partial charge in [-0.05, 0) is 29.7 Å². The fraction of sp³-hybridized carbons (Fsp3) is 0.0909. The molecule has 3 nitrogen and oxygen atoms in total. The lowest BCUT2D eigenvalue weighted by Crippen LogP contribution is -2.22. The summed E-state index contributed by atoms with van der Waals surface area (Å²) in [6.07, 6.45) is -4.93. The van der Waals surface area contributed by atoms with Gasteiger partial charge in [0.25, 0.3) is 5.78 Å². The molecule has 2 aromatic rings. The molecule has 1 aromatic carbocycles. The highest BCUT2D eigenvalue weighted by Gasteiger charge is 2.39. The van der Waals surface area contributed by atoms with Crippen LogP contribution in [0.4, 0.5) is 13.2 Å². The Morgan fingerprint density at radius 3 is 2.39 bits per heavy atom. The van der Waals surface area contributed by atoms with Crippen molar-refractivity contribution < 1.29 is 27.9 Å². The van der Waals surface area contributed by atoms with Crippen LogP contribution in [0.15, 0.2) is 24.3 Å². The molecule has 7 heteroatoms. The molecule has 18 heavy (non-hydrogen) atoms. The number of rotatable bonds is 2. The van der Waals surface area contributed by atoms with Gasteiger partial charge >= 0.3 is 12.1 Å². The molecule has 1 aromatic heterocycles. The van der Waals surface area contributed by atoms with Crippen molar-refractivity contribution >= 4 is 33.2 Å². The van der Waals surface area contributed by atoms with Gasteiger partial charge in [0, 0.05) is 10.3 Å². The molecule has 0 atom stereocenters. The molecule has 0 saturated carbocycles. The molecule has 0 aliphatic heterocycles. The summed E-state index contributed by atoms with van der Waals surface area (Å²) in [4.78, 5) is 21.7. The summed E-state index contributed by atoms with van der Waals surface area (Å²) < 4.78 is 37.2. The van der Waals surface area contributed by atoms with Gasteiger partial charge in [0.15, 0.2) is 0 Å². The second-order valence-corrected chi connectivity index (χ2v) is 4.58. The second-order valence-electron chi connectivity index (χ2n) is 3.50. The monoisotopic (exact) mass is 274 g/mol. The maximum atomic E-state index is 12.2. The molecule has 0 spiro atoms. The van der Waals surface area contributed by atoms with Gasteiger partial charge in [-0.3, -0.25) is 4.79 Å². The molecule has 0 amide bonds. The highest BCUT2D eigenvalue weighted by atomic mass is 32.1. The first kappa shape index (κ1) is 12.6. The predicted octanol–water partition coefficient (Wildman–Crippen LogP) is 3.34. The SMILES string of the molecule is O=C(O)c1cc2cc(C(=O)C(F)(F)F)ccc2s1. The van der Waals surface area contributed by atoms with Gasteiger partial charge < -0.3 is 5.11 Å². The topological polar surface area (TPSA) is 54.4 Å². The Labute approximate surface area is 102 Å². The second kappa shape index (κ2) is 4.09. The van der Waals surface area contributed by atoms with Crippen LogP contribution in [0.25, 0.3) is 10.1 Å². The number of aromatic carboxylic acids is 1. The lowest BCUT2D eigenvalue weighted by Gasteiger charge is -2.04. The number of alkyl halides is 3. The minimum atomic E-state index is -4.93. The van der Waals surface area contributed by atoms with Gasteiger partial charge in [0.1, 0.15) is 4.88 Å². The van der Waals surface area contributed by atoms with E-state index in [9.17, 15) is 22.8 Å². The zero-order chi connectivity index (χ0) is 13.5. The first-order chi connectivity index (χ1) is 8.29. The number of carbonyl (C=O) groups is 2. The summed E-state index contributed by atoms with van der Waals surface area (Å²) in [5, 5.41) is 9.07. The lowest BCUT2D eigenvalue weighted by atomic mass is 10.1. The van der Waals surface area contributed by atoms with E-state index >= 15 is 0 Å². The molecule has 1 N–H and O–H groups in total. The van der Waals surface area contributed by atoms with Crippen molar-refractivity contribution in [3.8, 4) is 0 Å². The molecule has 0 fully saturated rings. The van der Waals surface area contributed by atoms with Gasteiger partial charge in [0.05, 0.1) is 0 Å². The summed E-state index contributed by atoms with van der Waals surface area (Å²) in [5.74, 6) is -3.09. The van der Waals surface area contributed by atoms with E-state index in [4.69, 9.17) is 5.11 Å². The largest absolute Gasteiger partial charge is 0.477 e. The van der Waals surface area contributed by atoms with Crippen molar-refractivity contribution in [3.05, 3.63) is 34.7 Å². The Hall–Kier alpha value is -1.89. The standard InChI is InChI=1S/C11H5F3O3S/c12-11(13,14)9(15)5-1-2-7-6(3-5)4-8(18-7)10(16)17/h1-4H,(H,16,17). The van der Waals surface area contributed by atoms with Crippen LogP contribution in [0.3, 0.4) is 0 Å². The van der Waals surface area contributed by atoms with Crippen molar-refractivity contribution in [2.45, 2.75) is 6.18 Å². The van der Waals surface area contributed by atoms with Crippen LogP contribution in [-0.4, -0.2) is 23.0 Å². The Bertz CT molecular complexity index is 643. The summed E-state index contributed by atoms with van der Waals surface area (Å²) in [6, 6.07) is 4.65. The molecule has 0 saturated heterocycles. The molecule has 0 aliphatic rings. The van der Waals surface area contributed by atoms with E-state index in [0.29, 0.717) is 10.1 Å².